The fourth-order valence-electron chi connectivity index (χ4n) is 3.69. The Morgan fingerprint density at radius 2 is 1.94 bits per heavy atom. The van der Waals surface area contributed by atoms with Gasteiger partial charge in [-0.15, -0.1) is 11.3 Å². The molecule has 1 aliphatic rings. The number of piperidine rings is 1. The quantitative estimate of drug-likeness (QED) is 0.597. The number of hydrogen-bond donors (Lipinski definition) is 1. The average Bonchev–Trinajstić information content (AvgIpc) is 3.18. The molecule has 0 spiro atoms. The molecule has 3 rings (SSSR count). The van der Waals surface area contributed by atoms with E-state index in [2.05, 4.69) is 15.2 Å². The van der Waals surface area contributed by atoms with Crippen molar-refractivity contribution in [2.24, 2.45) is 0 Å². The highest BCUT2D eigenvalue weighted by Crippen LogP contribution is 2.32. The maximum absolute atomic E-state index is 13.0. The zero-order valence-electron chi connectivity index (χ0n) is 18.3. The highest BCUT2D eigenvalue weighted by molar-refractivity contribution is 7.89. The number of aromatic nitrogens is 1. The molecule has 168 valence electrons. The van der Waals surface area contributed by atoms with E-state index in [1.807, 2.05) is 32.2 Å². The second-order valence-corrected chi connectivity index (χ2v) is 10.4. The topological polar surface area (TPSA) is 82.6 Å². The Hall–Kier alpha value is -2.23. The van der Waals surface area contributed by atoms with E-state index in [9.17, 15) is 13.2 Å². The molecular weight excluding hydrogens is 432 g/mol. The summed E-state index contributed by atoms with van der Waals surface area (Å²) in [6.45, 7) is 8.11. The van der Waals surface area contributed by atoms with E-state index in [1.54, 1.807) is 18.2 Å². The molecule has 0 radical (unpaired) electrons. The van der Waals surface area contributed by atoms with Gasteiger partial charge in [0, 0.05) is 37.6 Å². The van der Waals surface area contributed by atoms with Crippen molar-refractivity contribution in [3.8, 4) is 0 Å². The van der Waals surface area contributed by atoms with Crippen LogP contribution < -0.4 is 10.2 Å². The van der Waals surface area contributed by atoms with Gasteiger partial charge in [-0.3, -0.25) is 4.79 Å². The third-order valence-corrected chi connectivity index (χ3v) is 8.15. The van der Waals surface area contributed by atoms with Crippen LogP contribution in [-0.2, 0) is 14.8 Å². The molecule has 31 heavy (non-hydrogen) atoms. The van der Waals surface area contributed by atoms with Crippen molar-refractivity contribution in [2.75, 3.05) is 36.4 Å². The maximum Gasteiger partial charge on any atom is 0.248 e. The number of nitrogens with one attached hydrogen (secondary N) is 1. The molecule has 0 saturated carbocycles. The molecule has 0 aliphatic carbocycles. The summed E-state index contributed by atoms with van der Waals surface area (Å²) in [7, 11) is -3.62. The van der Waals surface area contributed by atoms with Crippen LogP contribution in [-0.4, -0.2) is 49.8 Å². The Morgan fingerprint density at radius 3 is 2.55 bits per heavy atom. The minimum absolute atomic E-state index is 0.186. The smallest absolute Gasteiger partial charge is 0.248 e. The van der Waals surface area contributed by atoms with Crippen LogP contribution >= 0.6 is 11.3 Å². The average molecular weight is 463 g/mol. The highest BCUT2D eigenvalue weighted by Gasteiger charge is 2.24. The summed E-state index contributed by atoms with van der Waals surface area (Å²) >= 11 is 1.52. The molecule has 2 heterocycles. The molecule has 1 aromatic carbocycles. The molecule has 1 amide bonds. The Kier molecular flexibility index (Phi) is 7.85. The zero-order chi connectivity index (χ0) is 22.4. The van der Waals surface area contributed by atoms with Gasteiger partial charge in [0.1, 0.15) is 0 Å². The summed E-state index contributed by atoms with van der Waals surface area (Å²) in [5.74, 6) is -0.318. The predicted octanol–water partition coefficient (Wildman–Crippen LogP) is 4.12. The normalized spacial score (nSPS) is 15.0. The van der Waals surface area contributed by atoms with E-state index in [0.29, 0.717) is 18.8 Å². The molecule has 1 aliphatic heterocycles. The third kappa shape index (κ3) is 5.72. The number of nitrogens with zero attached hydrogens (tertiary/aromatic N) is 3. The van der Waals surface area contributed by atoms with Crippen molar-refractivity contribution in [3.63, 3.8) is 0 Å². The molecule has 9 heteroatoms. The van der Waals surface area contributed by atoms with E-state index in [-0.39, 0.29) is 10.8 Å². The van der Waals surface area contributed by atoms with Crippen LogP contribution in [0, 0.1) is 6.92 Å². The van der Waals surface area contributed by atoms with Crippen LogP contribution in [0.3, 0.4) is 0 Å². The first kappa shape index (κ1) is 23.4. The molecular formula is C22H30N4O3S2. The number of benzene rings is 1. The lowest BCUT2D eigenvalue weighted by Crippen LogP contribution is -2.32. The Morgan fingerprint density at radius 1 is 1.23 bits per heavy atom. The lowest BCUT2D eigenvalue weighted by atomic mass is 10.1. The van der Waals surface area contributed by atoms with Crippen LogP contribution in [0.2, 0.25) is 0 Å². The molecule has 0 bridgehead atoms. The number of hydrogen-bond acceptors (Lipinski definition) is 6. The predicted molar refractivity (Wildman–Crippen MR) is 127 cm³/mol. The Balaban J connectivity index is 1.91. The van der Waals surface area contributed by atoms with Crippen molar-refractivity contribution in [1.29, 1.82) is 0 Å². The monoisotopic (exact) mass is 462 g/mol. The first-order valence-corrected chi connectivity index (χ1v) is 13.0. The number of amides is 1. The molecule has 1 saturated heterocycles. The minimum Gasteiger partial charge on any atom is -0.370 e. The standard InChI is InChI=1S/C22H30N4O3S2/c1-4-26(5-2)31(28,29)19-10-11-21(25-13-7-6-8-14-25)20(15-19)24-22(27)12-9-18-16-30-17(3)23-18/h9-12,15-16H,4-8,13-14H2,1-3H3,(H,24,27)/b12-9+. The second kappa shape index (κ2) is 10.4. The van der Waals surface area contributed by atoms with Gasteiger partial charge in [0.15, 0.2) is 0 Å². The molecule has 1 aromatic heterocycles. The molecule has 1 fully saturated rings. The molecule has 7 nitrogen and oxygen atoms in total. The number of sulfonamides is 1. The molecule has 2 aromatic rings. The van der Waals surface area contributed by atoms with E-state index in [1.165, 1.54) is 28.1 Å². The zero-order valence-corrected chi connectivity index (χ0v) is 19.9. The van der Waals surface area contributed by atoms with Crippen molar-refractivity contribution in [2.45, 2.75) is 44.9 Å². The number of carbonyl (C=O) groups excluding carboxylic acids is 1. The third-order valence-electron chi connectivity index (χ3n) is 5.31. The van der Waals surface area contributed by atoms with Crippen LogP contribution in [0.5, 0.6) is 0 Å². The summed E-state index contributed by atoms with van der Waals surface area (Å²) in [5, 5.41) is 5.71. The number of anilines is 2. The molecule has 0 unspecified atom stereocenters. The van der Waals surface area contributed by atoms with Crippen LogP contribution in [0.25, 0.3) is 6.08 Å². The van der Waals surface area contributed by atoms with Crippen LogP contribution in [0.1, 0.15) is 43.8 Å². The van der Waals surface area contributed by atoms with E-state index in [0.717, 1.165) is 42.3 Å². The highest BCUT2D eigenvalue weighted by atomic mass is 32.2. The summed E-state index contributed by atoms with van der Waals surface area (Å²) in [6.07, 6.45) is 6.43. The van der Waals surface area contributed by atoms with E-state index >= 15 is 0 Å². The van der Waals surface area contributed by atoms with Gasteiger partial charge in [-0.2, -0.15) is 4.31 Å². The molecule has 1 N–H and O–H groups in total. The number of rotatable bonds is 8. The van der Waals surface area contributed by atoms with Crippen molar-refractivity contribution < 1.29 is 13.2 Å². The van der Waals surface area contributed by atoms with E-state index < -0.39 is 10.0 Å². The lowest BCUT2D eigenvalue weighted by molar-refractivity contribution is -0.111. The van der Waals surface area contributed by atoms with Crippen molar-refractivity contribution in [1.82, 2.24) is 9.29 Å². The Bertz CT molecular complexity index is 1040. The number of aryl methyl sites for hydroxylation is 1. The van der Waals surface area contributed by atoms with Gasteiger partial charge in [-0.1, -0.05) is 13.8 Å². The number of carbonyl (C=O) groups is 1. The van der Waals surface area contributed by atoms with Gasteiger partial charge in [0.05, 0.1) is 27.0 Å². The lowest BCUT2D eigenvalue weighted by Gasteiger charge is -2.31. The van der Waals surface area contributed by atoms with Gasteiger partial charge in [-0.05, 0) is 50.5 Å². The minimum atomic E-state index is -3.62. The Labute approximate surface area is 188 Å². The molecule has 0 atom stereocenters. The fraction of sp³-hybridized carbons (Fsp3) is 0.455. The summed E-state index contributed by atoms with van der Waals surface area (Å²) in [5.41, 5.74) is 2.09. The van der Waals surface area contributed by atoms with Gasteiger partial charge < -0.3 is 10.2 Å². The largest absolute Gasteiger partial charge is 0.370 e. The summed E-state index contributed by atoms with van der Waals surface area (Å²) < 4.78 is 27.4. The van der Waals surface area contributed by atoms with Gasteiger partial charge in [0.2, 0.25) is 15.9 Å². The van der Waals surface area contributed by atoms with Crippen LogP contribution in [0.15, 0.2) is 34.6 Å². The van der Waals surface area contributed by atoms with Gasteiger partial charge >= 0.3 is 0 Å². The van der Waals surface area contributed by atoms with Crippen molar-refractivity contribution in [3.05, 3.63) is 40.4 Å². The van der Waals surface area contributed by atoms with E-state index in [4.69, 9.17) is 0 Å². The first-order valence-electron chi connectivity index (χ1n) is 10.7. The first-order chi connectivity index (χ1) is 14.8. The SMILES string of the molecule is CCN(CC)S(=O)(=O)c1ccc(N2CCCCC2)c(NC(=O)/C=C/c2csc(C)n2)c1. The summed E-state index contributed by atoms with van der Waals surface area (Å²) in [4.78, 5) is 19.4. The second-order valence-electron chi connectivity index (χ2n) is 7.43. The van der Waals surface area contributed by atoms with Crippen molar-refractivity contribution >= 4 is 44.7 Å². The van der Waals surface area contributed by atoms with Crippen LogP contribution in [0.4, 0.5) is 11.4 Å². The van der Waals surface area contributed by atoms with Gasteiger partial charge in [0.25, 0.3) is 0 Å². The maximum atomic E-state index is 13.0. The summed E-state index contributed by atoms with van der Waals surface area (Å²) in [6, 6.07) is 5.03. The van der Waals surface area contributed by atoms with Gasteiger partial charge in [-0.25, -0.2) is 13.4 Å². The number of thiazole rings is 1. The fourth-order valence-corrected chi connectivity index (χ4v) is 5.76.